The zero-order chi connectivity index (χ0) is 19.1. The molecule has 1 unspecified atom stereocenters. The van der Waals surface area contributed by atoms with Gasteiger partial charge in [-0.1, -0.05) is 19.1 Å². The maximum Gasteiger partial charge on any atom is 0.222 e. The summed E-state index contributed by atoms with van der Waals surface area (Å²) in [6.45, 7) is 2.25. The molecule has 0 saturated heterocycles. The molecule has 1 atom stereocenters. The fraction of sp³-hybridized carbons (Fsp3) is 0.353. The lowest BCUT2D eigenvalue weighted by molar-refractivity contribution is -0.107. The predicted molar refractivity (Wildman–Crippen MR) is 108 cm³/mol. The molecule has 1 amide bonds. The van der Waals surface area contributed by atoms with Crippen LogP contribution in [0.2, 0.25) is 0 Å². The summed E-state index contributed by atoms with van der Waals surface area (Å²) >= 11 is 1.65. The van der Waals surface area contributed by atoms with Gasteiger partial charge in [-0.05, 0) is 30.4 Å². The Kier molecular flexibility index (Phi) is 7.40. The molecular weight excluding hydrogens is 370 g/mol. The van der Waals surface area contributed by atoms with Crippen molar-refractivity contribution in [3.8, 4) is 0 Å². The maximum absolute atomic E-state index is 12.3. The molecule has 0 spiro atoms. The Hall–Kier alpha value is -2.13. The Morgan fingerprint density at radius 3 is 2.54 bits per heavy atom. The van der Waals surface area contributed by atoms with Crippen LogP contribution in [0.5, 0.6) is 0 Å². The third-order valence-electron chi connectivity index (χ3n) is 3.65. The number of hydrogen-bond acceptors (Lipinski definition) is 7. The number of hydrogen-bond donors (Lipinski definition) is 2. The minimum Gasteiger partial charge on any atom is -0.382 e. The van der Waals surface area contributed by atoms with Gasteiger partial charge in [0.25, 0.3) is 0 Å². The lowest BCUT2D eigenvalue weighted by Crippen LogP contribution is -2.24. The minimum atomic E-state index is -1.36. The molecule has 0 fully saturated rings. The van der Waals surface area contributed by atoms with Crippen molar-refractivity contribution in [1.29, 1.82) is 0 Å². The van der Waals surface area contributed by atoms with E-state index in [0.29, 0.717) is 30.2 Å². The van der Waals surface area contributed by atoms with E-state index in [9.17, 15) is 9.00 Å². The Morgan fingerprint density at radius 1 is 1.31 bits per heavy atom. The van der Waals surface area contributed by atoms with E-state index in [2.05, 4.69) is 15.3 Å². The van der Waals surface area contributed by atoms with E-state index in [1.807, 2.05) is 37.4 Å². The van der Waals surface area contributed by atoms with Crippen LogP contribution in [-0.4, -0.2) is 39.6 Å². The van der Waals surface area contributed by atoms with Crippen LogP contribution in [0.25, 0.3) is 0 Å². The summed E-state index contributed by atoms with van der Waals surface area (Å²) < 4.78 is 12.3. The first-order valence-electron chi connectivity index (χ1n) is 8.12. The first kappa shape index (κ1) is 20.2. The minimum absolute atomic E-state index is 0.142. The molecule has 0 aliphatic heterocycles. The van der Waals surface area contributed by atoms with Crippen molar-refractivity contribution >= 4 is 46.3 Å². The van der Waals surface area contributed by atoms with Gasteiger partial charge in [-0.3, -0.25) is 13.9 Å². The molecule has 1 aromatic heterocycles. The predicted octanol–water partition coefficient (Wildman–Crippen LogP) is 2.50. The number of thioether (sulfide) groups is 1. The van der Waals surface area contributed by atoms with Crippen molar-refractivity contribution in [2.45, 2.75) is 29.9 Å². The number of nitrogen functional groups attached to an aromatic ring is 1. The van der Waals surface area contributed by atoms with Gasteiger partial charge in [-0.15, -0.1) is 11.8 Å². The lowest BCUT2D eigenvalue weighted by Gasteiger charge is -2.21. The van der Waals surface area contributed by atoms with Gasteiger partial charge in [-0.25, -0.2) is 9.97 Å². The second kappa shape index (κ2) is 9.54. The number of rotatable bonds is 9. The van der Waals surface area contributed by atoms with E-state index in [0.717, 1.165) is 16.9 Å². The Balaban J connectivity index is 2.40. The van der Waals surface area contributed by atoms with E-state index < -0.39 is 10.8 Å². The highest BCUT2D eigenvalue weighted by Gasteiger charge is 2.20. The number of carbonyl (C=O) groups is 1. The Labute approximate surface area is 160 Å². The molecule has 26 heavy (non-hydrogen) atoms. The molecular formula is C17H23N5O2S2. The standard InChI is InChI=1S/C17H23N5O2S2/c1-4-9-26(24)17-20-15(18)14(19-2)16(21-17)22(11-23)10-12-5-7-13(25-3)8-6-12/h5-8,11,19H,4,9-10H2,1-3H3,(H2,18,20,21). The maximum atomic E-state index is 12.3. The number of benzene rings is 1. The highest BCUT2D eigenvalue weighted by atomic mass is 32.2. The number of carbonyl (C=O) groups excluding carboxylic acids is 1. The van der Waals surface area contributed by atoms with Gasteiger partial charge < -0.3 is 11.1 Å². The Morgan fingerprint density at radius 2 is 2.00 bits per heavy atom. The zero-order valence-electron chi connectivity index (χ0n) is 15.1. The van der Waals surface area contributed by atoms with Crippen LogP contribution >= 0.6 is 11.8 Å². The number of amides is 1. The molecule has 0 aliphatic rings. The van der Waals surface area contributed by atoms with Gasteiger partial charge in [0.05, 0.1) is 17.3 Å². The van der Waals surface area contributed by atoms with Gasteiger partial charge in [0.1, 0.15) is 5.69 Å². The van der Waals surface area contributed by atoms with Crippen LogP contribution in [-0.2, 0) is 22.1 Å². The third-order valence-corrected chi connectivity index (χ3v) is 5.76. The summed E-state index contributed by atoms with van der Waals surface area (Å²) in [6.07, 6.45) is 3.43. The van der Waals surface area contributed by atoms with E-state index in [1.165, 1.54) is 4.90 Å². The fourth-order valence-corrected chi connectivity index (χ4v) is 3.71. The largest absolute Gasteiger partial charge is 0.382 e. The van der Waals surface area contributed by atoms with Crippen molar-refractivity contribution < 1.29 is 9.00 Å². The molecule has 0 aliphatic carbocycles. The molecule has 9 heteroatoms. The highest BCUT2D eigenvalue weighted by molar-refractivity contribution is 7.98. The molecule has 0 bridgehead atoms. The summed E-state index contributed by atoms with van der Waals surface area (Å²) in [5.74, 6) is 0.930. The molecule has 7 nitrogen and oxygen atoms in total. The van der Waals surface area contributed by atoms with Gasteiger partial charge in [-0.2, -0.15) is 0 Å². The summed E-state index contributed by atoms with van der Waals surface area (Å²) in [7, 11) is 0.319. The average Bonchev–Trinajstić information content (AvgIpc) is 2.66. The second-order valence-corrected chi connectivity index (χ2v) is 7.82. The second-order valence-electron chi connectivity index (χ2n) is 5.47. The van der Waals surface area contributed by atoms with Gasteiger partial charge in [0.2, 0.25) is 11.6 Å². The summed E-state index contributed by atoms with van der Waals surface area (Å²) in [5, 5.41) is 3.07. The molecule has 2 rings (SSSR count). The highest BCUT2D eigenvalue weighted by Crippen LogP contribution is 2.29. The van der Waals surface area contributed by atoms with E-state index >= 15 is 0 Å². The number of anilines is 3. The summed E-state index contributed by atoms with van der Waals surface area (Å²) in [5.41, 5.74) is 7.39. The quantitative estimate of drug-likeness (QED) is 0.383. The average molecular weight is 394 g/mol. The molecule has 1 heterocycles. The van der Waals surface area contributed by atoms with Gasteiger partial charge >= 0.3 is 0 Å². The van der Waals surface area contributed by atoms with E-state index in [-0.39, 0.29) is 11.0 Å². The molecule has 140 valence electrons. The van der Waals surface area contributed by atoms with Crippen LogP contribution in [0.15, 0.2) is 34.3 Å². The lowest BCUT2D eigenvalue weighted by atomic mass is 10.2. The third kappa shape index (κ3) is 4.73. The number of aromatic nitrogens is 2. The summed E-state index contributed by atoms with van der Waals surface area (Å²) in [6, 6.07) is 7.92. The van der Waals surface area contributed by atoms with Crippen LogP contribution in [0.4, 0.5) is 17.3 Å². The van der Waals surface area contributed by atoms with E-state index in [1.54, 1.807) is 18.8 Å². The Bertz CT molecular complexity index is 783. The van der Waals surface area contributed by atoms with Gasteiger partial charge in [0, 0.05) is 17.7 Å². The molecule has 3 N–H and O–H groups in total. The van der Waals surface area contributed by atoms with Crippen molar-refractivity contribution in [3.63, 3.8) is 0 Å². The monoisotopic (exact) mass is 393 g/mol. The van der Waals surface area contributed by atoms with Crippen LogP contribution < -0.4 is 16.0 Å². The smallest absolute Gasteiger partial charge is 0.222 e. The van der Waals surface area contributed by atoms with Crippen molar-refractivity contribution in [2.24, 2.45) is 0 Å². The van der Waals surface area contributed by atoms with E-state index in [4.69, 9.17) is 5.73 Å². The van der Waals surface area contributed by atoms with Crippen LogP contribution in [0.3, 0.4) is 0 Å². The normalized spacial score (nSPS) is 11.8. The fourth-order valence-electron chi connectivity index (χ4n) is 2.36. The van der Waals surface area contributed by atoms with Crippen molar-refractivity contribution in [3.05, 3.63) is 29.8 Å². The molecule has 2 aromatic rings. The number of nitrogens with one attached hydrogen (secondary N) is 1. The SMILES string of the molecule is CCCS(=O)c1nc(N)c(NC)c(N(C=O)Cc2ccc(SC)cc2)n1. The van der Waals surface area contributed by atoms with Crippen molar-refractivity contribution in [1.82, 2.24) is 9.97 Å². The molecule has 0 saturated carbocycles. The summed E-state index contributed by atoms with van der Waals surface area (Å²) in [4.78, 5) is 22.8. The van der Waals surface area contributed by atoms with Gasteiger partial charge in [0.15, 0.2) is 11.6 Å². The number of nitrogens with zero attached hydrogens (tertiary/aromatic N) is 3. The first-order valence-corrected chi connectivity index (χ1v) is 10.7. The van der Waals surface area contributed by atoms with Crippen LogP contribution in [0.1, 0.15) is 18.9 Å². The first-order chi connectivity index (χ1) is 12.5. The topological polar surface area (TPSA) is 101 Å². The molecule has 0 radical (unpaired) electrons. The molecule has 1 aromatic carbocycles. The number of nitrogens with two attached hydrogens (primary N) is 1. The van der Waals surface area contributed by atoms with Crippen LogP contribution in [0, 0.1) is 0 Å². The zero-order valence-corrected chi connectivity index (χ0v) is 16.7. The van der Waals surface area contributed by atoms with Crippen molar-refractivity contribution in [2.75, 3.05) is 35.0 Å².